The van der Waals surface area contributed by atoms with E-state index in [0.717, 1.165) is 24.2 Å². The van der Waals surface area contributed by atoms with Crippen molar-refractivity contribution < 1.29 is 9.69 Å². The van der Waals surface area contributed by atoms with E-state index in [-0.39, 0.29) is 12.1 Å². The average molecular weight is 304 g/mol. The van der Waals surface area contributed by atoms with Crippen LogP contribution in [0.3, 0.4) is 0 Å². The van der Waals surface area contributed by atoms with E-state index >= 15 is 0 Å². The highest BCUT2D eigenvalue weighted by atomic mass is 16.2. The van der Waals surface area contributed by atoms with Crippen LogP contribution < -0.4 is 4.90 Å². The normalized spacial score (nSPS) is 22.7. The zero-order chi connectivity index (χ0) is 15.6. The van der Waals surface area contributed by atoms with Gasteiger partial charge in [-0.05, 0) is 30.2 Å². The van der Waals surface area contributed by atoms with Crippen LogP contribution in [0.15, 0.2) is 48.5 Å². The zero-order valence-electron chi connectivity index (χ0n) is 13.0. The Kier molecular flexibility index (Phi) is 2.50. The van der Waals surface area contributed by atoms with Crippen molar-refractivity contribution in [2.75, 3.05) is 13.6 Å². The Balaban J connectivity index is 1.75. The molecular formula is C19H18N3O+. The molecule has 2 aliphatic heterocycles. The number of aromatic amines is 1. The predicted molar refractivity (Wildman–Crippen MR) is 88.8 cm³/mol. The Morgan fingerprint density at radius 1 is 1.13 bits per heavy atom. The van der Waals surface area contributed by atoms with Crippen LogP contribution in [0.5, 0.6) is 0 Å². The lowest BCUT2D eigenvalue weighted by Gasteiger charge is -2.41. The highest BCUT2D eigenvalue weighted by Gasteiger charge is 2.44. The number of quaternary nitrogens is 1. The molecule has 0 aliphatic carbocycles. The molecule has 5 rings (SSSR count). The number of para-hydroxylation sites is 2. The third-order valence-corrected chi connectivity index (χ3v) is 5.29. The van der Waals surface area contributed by atoms with Crippen molar-refractivity contribution in [2.45, 2.75) is 12.6 Å². The lowest BCUT2D eigenvalue weighted by molar-refractivity contribution is -0.862. The van der Waals surface area contributed by atoms with Crippen molar-refractivity contribution >= 4 is 22.5 Å². The molecule has 114 valence electrons. The van der Waals surface area contributed by atoms with E-state index in [4.69, 9.17) is 0 Å². The summed E-state index contributed by atoms with van der Waals surface area (Å²) in [6.45, 7) is 0.782. The molecule has 2 aromatic carbocycles. The van der Waals surface area contributed by atoms with E-state index < -0.39 is 0 Å². The summed E-state index contributed by atoms with van der Waals surface area (Å²) in [5.41, 5.74) is 5.65. The van der Waals surface area contributed by atoms with Crippen LogP contribution >= 0.6 is 0 Å². The summed E-state index contributed by atoms with van der Waals surface area (Å²) in [6.07, 6.45) is 0.949. The Labute approximate surface area is 134 Å². The van der Waals surface area contributed by atoms with Gasteiger partial charge in [0, 0.05) is 17.4 Å². The van der Waals surface area contributed by atoms with Gasteiger partial charge in [0.05, 0.1) is 7.05 Å². The lowest BCUT2D eigenvalue weighted by atomic mass is 9.96. The van der Waals surface area contributed by atoms with Crippen LogP contribution in [0.1, 0.15) is 27.8 Å². The number of carbonyl (C=O) groups is 1. The molecule has 2 unspecified atom stereocenters. The highest BCUT2D eigenvalue weighted by molar-refractivity contribution is 5.99. The smallest absolute Gasteiger partial charge is 0.264 e. The Morgan fingerprint density at radius 3 is 2.83 bits per heavy atom. The number of amides is 1. The monoisotopic (exact) mass is 304 g/mol. The third kappa shape index (κ3) is 1.61. The van der Waals surface area contributed by atoms with Crippen LogP contribution in [-0.4, -0.2) is 29.4 Å². The fourth-order valence-electron chi connectivity index (χ4n) is 4.23. The minimum Gasteiger partial charge on any atom is -0.352 e. The first kappa shape index (κ1) is 12.9. The number of rotatable bonds is 0. The maximum absolute atomic E-state index is 12.9. The van der Waals surface area contributed by atoms with Crippen LogP contribution in [0.2, 0.25) is 0 Å². The van der Waals surface area contributed by atoms with Crippen molar-refractivity contribution in [1.82, 2.24) is 9.88 Å². The van der Waals surface area contributed by atoms with Crippen LogP contribution in [0.4, 0.5) is 5.69 Å². The molecule has 2 aliphatic rings. The number of fused-ring (bicyclic) bond motifs is 6. The molecule has 0 saturated heterocycles. The standard InChI is InChI=1S/C19H17N3O/c1-21-16-9-5-3-7-14(16)19(23)22-11-10-13-12-6-2-4-8-15(12)20-17(13)18(21)22/h2-9,18,20H,10-11H2,1H3/p+1. The molecule has 0 saturated carbocycles. The van der Waals surface area contributed by atoms with Crippen LogP contribution in [0, 0.1) is 0 Å². The maximum Gasteiger partial charge on any atom is 0.264 e. The van der Waals surface area contributed by atoms with Crippen LogP contribution in [0.25, 0.3) is 10.9 Å². The van der Waals surface area contributed by atoms with E-state index in [1.165, 1.54) is 27.1 Å². The molecule has 1 aromatic heterocycles. The second-order valence-electron chi connectivity index (χ2n) is 6.44. The van der Waals surface area contributed by atoms with E-state index in [1.807, 2.05) is 23.1 Å². The number of hydrogen-bond donors (Lipinski definition) is 2. The van der Waals surface area contributed by atoms with Gasteiger partial charge in [-0.15, -0.1) is 0 Å². The van der Waals surface area contributed by atoms with E-state index in [1.54, 1.807) is 0 Å². The maximum atomic E-state index is 12.9. The highest BCUT2D eigenvalue weighted by Crippen LogP contribution is 2.35. The van der Waals surface area contributed by atoms with Gasteiger partial charge in [0.15, 0.2) is 0 Å². The molecule has 2 N–H and O–H groups in total. The molecular weight excluding hydrogens is 286 g/mol. The van der Waals surface area contributed by atoms with Gasteiger partial charge in [-0.2, -0.15) is 0 Å². The topological polar surface area (TPSA) is 40.5 Å². The van der Waals surface area contributed by atoms with Gasteiger partial charge in [0.25, 0.3) is 5.91 Å². The first-order chi connectivity index (χ1) is 11.3. The minimum atomic E-state index is 0.0357. The predicted octanol–water partition coefficient (Wildman–Crippen LogP) is 2.02. The Hall–Kier alpha value is -2.59. The van der Waals surface area contributed by atoms with E-state index in [9.17, 15) is 4.79 Å². The molecule has 4 nitrogen and oxygen atoms in total. The van der Waals surface area contributed by atoms with Gasteiger partial charge in [-0.3, -0.25) is 14.6 Å². The van der Waals surface area contributed by atoms with Gasteiger partial charge in [-0.25, -0.2) is 0 Å². The quantitative estimate of drug-likeness (QED) is 0.655. The minimum absolute atomic E-state index is 0.0357. The average Bonchev–Trinajstić information content (AvgIpc) is 2.98. The fourth-order valence-corrected chi connectivity index (χ4v) is 4.23. The summed E-state index contributed by atoms with van der Waals surface area (Å²) in [5, 5.41) is 1.29. The van der Waals surface area contributed by atoms with Crippen molar-refractivity contribution in [3.63, 3.8) is 0 Å². The first-order valence-electron chi connectivity index (χ1n) is 8.09. The number of nitrogens with zero attached hydrogens (tertiary/aromatic N) is 1. The summed E-state index contributed by atoms with van der Waals surface area (Å²) in [5.74, 6) is 0.153. The zero-order valence-corrected chi connectivity index (χ0v) is 13.0. The molecule has 4 heteroatoms. The molecule has 0 spiro atoms. The number of carbonyl (C=O) groups excluding carboxylic acids is 1. The molecule has 1 amide bonds. The number of H-pyrrole nitrogens is 1. The lowest BCUT2D eigenvalue weighted by Crippen LogP contribution is -3.08. The molecule has 3 heterocycles. The van der Waals surface area contributed by atoms with Crippen LogP contribution in [-0.2, 0) is 6.42 Å². The van der Waals surface area contributed by atoms with E-state index in [2.05, 4.69) is 42.4 Å². The Morgan fingerprint density at radius 2 is 1.91 bits per heavy atom. The molecule has 3 aromatic rings. The van der Waals surface area contributed by atoms with Gasteiger partial charge in [0.1, 0.15) is 16.9 Å². The summed E-state index contributed by atoms with van der Waals surface area (Å²) >= 11 is 0. The van der Waals surface area contributed by atoms with Gasteiger partial charge in [-0.1, -0.05) is 30.3 Å². The number of hydrogen-bond acceptors (Lipinski definition) is 1. The van der Waals surface area contributed by atoms with Crippen molar-refractivity contribution in [1.29, 1.82) is 0 Å². The second-order valence-corrected chi connectivity index (χ2v) is 6.44. The summed E-state index contributed by atoms with van der Waals surface area (Å²) in [6, 6.07) is 16.4. The van der Waals surface area contributed by atoms with Crippen molar-refractivity contribution in [3.8, 4) is 0 Å². The molecule has 0 fully saturated rings. The van der Waals surface area contributed by atoms with Gasteiger partial charge >= 0.3 is 0 Å². The molecule has 0 bridgehead atoms. The SMILES string of the molecule is C[NH+]1c2ccccc2C(=O)N2CCc3c([nH]c4ccccc34)C21. The molecule has 2 atom stereocenters. The van der Waals surface area contributed by atoms with E-state index in [0.29, 0.717) is 0 Å². The van der Waals surface area contributed by atoms with Crippen molar-refractivity contribution in [3.05, 3.63) is 65.4 Å². The Bertz CT molecular complexity index is 943. The van der Waals surface area contributed by atoms with Crippen molar-refractivity contribution in [2.24, 2.45) is 0 Å². The second kappa shape index (κ2) is 4.46. The third-order valence-electron chi connectivity index (χ3n) is 5.29. The number of aromatic nitrogens is 1. The number of nitrogens with one attached hydrogen (secondary N) is 2. The summed E-state index contributed by atoms with van der Waals surface area (Å²) in [4.78, 5) is 19.8. The molecule has 0 radical (unpaired) electrons. The summed E-state index contributed by atoms with van der Waals surface area (Å²) < 4.78 is 0. The first-order valence-corrected chi connectivity index (χ1v) is 8.09. The number of benzene rings is 2. The summed E-state index contributed by atoms with van der Waals surface area (Å²) in [7, 11) is 2.16. The fraction of sp³-hybridized carbons (Fsp3) is 0.211. The van der Waals surface area contributed by atoms with Gasteiger partial charge < -0.3 is 4.98 Å². The van der Waals surface area contributed by atoms with Gasteiger partial charge in [0.2, 0.25) is 6.17 Å². The molecule has 23 heavy (non-hydrogen) atoms. The largest absolute Gasteiger partial charge is 0.352 e.